The second kappa shape index (κ2) is 6.54. The first-order chi connectivity index (χ1) is 10.3. The number of nitrogens with one attached hydrogen (secondary N) is 1. The molecule has 0 radical (unpaired) electrons. The summed E-state index contributed by atoms with van der Waals surface area (Å²) >= 11 is 0. The monoisotopic (exact) mass is 283 g/mol. The van der Waals surface area contributed by atoms with Crippen LogP contribution in [0.5, 0.6) is 0 Å². The van der Waals surface area contributed by atoms with E-state index in [0.717, 1.165) is 12.1 Å². The van der Waals surface area contributed by atoms with Crippen LogP contribution < -0.4 is 5.32 Å². The Balaban J connectivity index is 1.98. The van der Waals surface area contributed by atoms with Gasteiger partial charge in [-0.25, -0.2) is 0 Å². The SMILES string of the molecule is CNCC1CCCCN(C)C1c1ccc2ccccc2n1. The van der Waals surface area contributed by atoms with Gasteiger partial charge in [0.2, 0.25) is 0 Å². The van der Waals surface area contributed by atoms with E-state index in [-0.39, 0.29) is 0 Å². The summed E-state index contributed by atoms with van der Waals surface area (Å²) in [6, 6.07) is 13.2. The molecule has 3 nitrogen and oxygen atoms in total. The quantitative estimate of drug-likeness (QED) is 0.937. The number of nitrogens with zero attached hydrogens (tertiary/aromatic N) is 2. The maximum absolute atomic E-state index is 4.95. The summed E-state index contributed by atoms with van der Waals surface area (Å²) in [6.45, 7) is 2.23. The topological polar surface area (TPSA) is 28.2 Å². The molecule has 1 aliphatic heterocycles. The molecule has 112 valence electrons. The van der Waals surface area contributed by atoms with Crippen molar-refractivity contribution in [3.8, 4) is 0 Å². The fourth-order valence-corrected chi connectivity index (χ4v) is 3.61. The zero-order chi connectivity index (χ0) is 14.7. The van der Waals surface area contributed by atoms with Gasteiger partial charge in [-0.05, 0) is 58.1 Å². The van der Waals surface area contributed by atoms with Crippen LogP contribution in [0.4, 0.5) is 0 Å². The maximum atomic E-state index is 4.95. The van der Waals surface area contributed by atoms with E-state index >= 15 is 0 Å². The van der Waals surface area contributed by atoms with Crippen molar-refractivity contribution in [1.82, 2.24) is 15.2 Å². The molecule has 1 aromatic heterocycles. The molecule has 21 heavy (non-hydrogen) atoms. The molecule has 3 rings (SSSR count). The van der Waals surface area contributed by atoms with Gasteiger partial charge in [-0.2, -0.15) is 0 Å². The van der Waals surface area contributed by atoms with Gasteiger partial charge < -0.3 is 5.32 Å². The third kappa shape index (κ3) is 3.09. The predicted octanol–water partition coefficient (Wildman–Crippen LogP) is 3.23. The Hall–Kier alpha value is -1.45. The van der Waals surface area contributed by atoms with Crippen LogP contribution in [0.15, 0.2) is 36.4 Å². The summed E-state index contributed by atoms with van der Waals surface area (Å²) in [5.74, 6) is 0.635. The van der Waals surface area contributed by atoms with Gasteiger partial charge in [-0.15, -0.1) is 0 Å². The molecule has 0 saturated carbocycles. The lowest BCUT2D eigenvalue weighted by atomic mass is 9.91. The lowest BCUT2D eigenvalue weighted by molar-refractivity contribution is 0.187. The molecule has 2 unspecified atom stereocenters. The van der Waals surface area contributed by atoms with Crippen molar-refractivity contribution >= 4 is 10.9 Å². The Labute approximate surface area is 127 Å². The van der Waals surface area contributed by atoms with Crippen molar-refractivity contribution in [3.63, 3.8) is 0 Å². The molecule has 0 spiro atoms. The lowest BCUT2D eigenvalue weighted by Crippen LogP contribution is -2.34. The van der Waals surface area contributed by atoms with E-state index < -0.39 is 0 Å². The average Bonchev–Trinajstić information content (AvgIpc) is 2.69. The van der Waals surface area contributed by atoms with E-state index in [2.05, 4.69) is 60.7 Å². The Bertz CT molecular complexity index is 596. The minimum absolute atomic E-state index is 0.421. The molecule has 1 aromatic carbocycles. The van der Waals surface area contributed by atoms with E-state index in [1.54, 1.807) is 0 Å². The van der Waals surface area contributed by atoms with Crippen LogP contribution in [-0.4, -0.2) is 37.1 Å². The summed E-state index contributed by atoms with van der Waals surface area (Å²) in [5, 5.41) is 4.59. The van der Waals surface area contributed by atoms with Gasteiger partial charge in [0.1, 0.15) is 0 Å². The number of para-hydroxylation sites is 1. The van der Waals surface area contributed by atoms with Crippen molar-refractivity contribution in [1.29, 1.82) is 0 Å². The van der Waals surface area contributed by atoms with Crippen LogP contribution in [0, 0.1) is 5.92 Å². The second-order valence-corrected chi connectivity index (χ2v) is 6.17. The standard InChI is InChI=1S/C18H25N3/c1-19-13-15-8-5-6-12-21(2)18(15)17-11-10-14-7-3-4-9-16(14)20-17/h3-4,7,9-11,15,18-19H,5-6,8,12-13H2,1-2H3. The van der Waals surface area contributed by atoms with Gasteiger partial charge >= 0.3 is 0 Å². The van der Waals surface area contributed by atoms with Gasteiger partial charge in [0.25, 0.3) is 0 Å². The molecule has 2 heterocycles. The fourth-order valence-electron chi connectivity index (χ4n) is 3.61. The molecular weight excluding hydrogens is 258 g/mol. The largest absolute Gasteiger partial charge is 0.319 e. The number of likely N-dealkylation sites (tertiary alicyclic amines) is 1. The lowest BCUT2D eigenvalue weighted by Gasteiger charge is -2.32. The molecular formula is C18H25N3. The summed E-state index contributed by atoms with van der Waals surface area (Å²) in [6.07, 6.45) is 3.89. The number of hydrogen-bond acceptors (Lipinski definition) is 3. The van der Waals surface area contributed by atoms with E-state index in [1.807, 2.05) is 0 Å². The van der Waals surface area contributed by atoms with Crippen molar-refractivity contribution in [2.45, 2.75) is 25.3 Å². The third-order valence-electron chi connectivity index (χ3n) is 4.65. The predicted molar refractivity (Wildman–Crippen MR) is 88.4 cm³/mol. The first kappa shape index (κ1) is 14.5. The number of pyridine rings is 1. The van der Waals surface area contributed by atoms with Gasteiger partial charge in [0.05, 0.1) is 17.3 Å². The Morgan fingerprint density at radius 1 is 1.19 bits per heavy atom. The van der Waals surface area contributed by atoms with Gasteiger partial charge in [-0.1, -0.05) is 30.7 Å². The van der Waals surface area contributed by atoms with Crippen LogP contribution >= 0.6 is 0 Å². The number of aromatic nitrogens is 1. The van der Waals surface area contributed by atoms with E-state index in [9.17, 15) is 0 Å². The second-order valence-electron chi connectivity index (χ2n) is 6.17. The molecule has 2 atom stereocenters. The maximum Gasteiger partial charge on any atom is 0.0706 e. The number of hydrogen-bond donors (Lipinski definition) is 1. The van der Waals surface area contributed by atoms with Crippen LogP contribution in [0.3, 0.4) is 0 Å². The summed E-state index contributed by atoms with van der Waals surface area (Å²) in [7, 11) is 4.30. The minimum Gasteiger partial charge on any atom is -0.319 e. The van der Waals surface area contributed by atoms with Gasteiger partial charge in [-0.3, -0.25) is 9.88 Å². The van der Waals surface area contributed by atoms with Crippen LogP contribution in [-0.2, 0) is 0 Å². The highest BCUT2D eigenvalue weighted by atomic mass is 15.1. The summed E-state index contributed by atoms with van der Waals surface area (Å²) < 4.78 is 0. The zero-order valence-corrected chi connectivity index (χ0v) is 13.0. The van der Waals surface area contributed by atoms with Crippen molar-refractivity contribution in [3.05, 3.63) is 42.1 Å². The normalized spacial score (nSPS) is 24.1. The molecule has 1 aliphatic rings. The molecule has 0 aliphatic carbocycles. The molecule has 1 saturated heterocycles. The smallest absolute Gasteiger partial charge is 0.0706 e. The van der Waals surface area contributed by atoms with Gasteiger partial charge in [0.15, 0.2) is 0 Å². The molecule has 1 fully saturated rings. The van der Waals surface area contributed by atoms with Crippen LogP contribution in [0.2, 0.25) is 0 Å². The molecule has 3 heteroatoms. The Morgan fingerprint density at radius 2 is 2.05 bits per heavy atom. The molecule has 1 N–H and O–H groups in total. The highest BCUT2D eigenvalue weighted by molar-refractivity contribution is 5.78. The van der Waals surface area contributed by atoms with Crippen molar-refractivity contribution in [2.75, 3.05) is 27.2 Å². The first-order valence-electron chi connectivity index (χ1n) is 8.00. The third-order valence-corrected chi connectivity index (χ3v) is 4.65. The van der Waals surface area contributed by atoms with Crippen molar-refractivity contribution in [2.24, 2.45) is 5.92 Å². The fraction of sp³-hybridized carbons (Fsp3) is 0.500. The van der Waals surface area contributed by atoms with E-state index in [4.69, 9.17) is 4.98 Å². The van der Waals surface area contributed by atoms with Gasteiger partial charge in [0, 0.05) is 5.39 Å². The number of fused-ring (bicyclic) bond motifs is 1. The Morgan fingerprint density at radius 3 is 2.90 bits per heavy atom. The minimum atomic E-state index is 0.421. The molecule has 0 amide bonds. The Kier molecular flexibility index (Phi) is 4.51. The highest BCUT2D eigenvalue weighted by Gasteiger charge is 2.29. The van der Waals surface area contributed by atoms with Crippen molar-refractivity contribution < 1.29 is 0 Å². The highest BCUT2D eigenvalue weighted by Crippen LogP contribution is 2.33. The number of rotatable bonds is 3. The first-order valence-corrected chi connectivity index (χ1v) is 8.00. The molecule has 2 aromatic rings. The van der Waals surface area contributed by atoms with E-state index in [1.165, 1.54) is 36.9 Å². The summed E-state index contributed by atoms with van der Waals surface area (Å²) in [4.78, 5) is 7.45. The average molecular weight is 283 g/mol. The summed E-state index contributed by atoms with van der Waals surface area (Å²) in [5.41, 5.74) is 2.33. The number of benzene rings is 1. The van der Waals surface area contributed by atoms with Crippen LogP contribution in [0.25, 0.3) is 10.9 Å². The van der Waals surface area contributed by atoms with E-state index in [0.29, 0.717) is 12.0 Å². The van der Waals surface area contributed by atoms with Crippen LogP contribution in [0.1, 0.15) is 31.0 Å². The molecule has 0 bridgehead atoms. The zero-order valence-electron chi connectivity index (χ0n) is 13.0.